The van der Waals surface area contributed by atoms with Gasteiger partial charge >= 0.3 is 12.1 Å². The highest BCUT2D eigenvalue weighted by atomic mass is 35.5. The smallest absolute Gasteiger partial charge is 0.418 e. The largest absolute Gasteiger partial charge is 0.481 e. The lowest BCUT2D eigenvalue weighted by Gasteiger charge is -2.32. The predicted molar refractivity (Wildman–Crippen MR) is 75.7 cm³/mol. The normalized spacial score (nSPS) is 18.8. The first kappa shape index (κ1) is 17.3. The molecule has 0 aliphatic carbocycles. The Labute approximate surface area is 133 Å². The van der Waals surface area contributed by atoms with Gasteiger partial charge in [-0.15, -0.1) is 0 Å². The van der Waals surface area contributed by atoms with Crippen LogP contribution in [0.4, 0.5) is 24.5 Å². The number of nitrogens with zero attached hydrogens (tertiary/aromatic N) is 2. The zero-order valence-corrected chi connectivity index (χ0v) is 12.4. The third-order valence-electron chi connectivity index (χ3n) is 3.68. The van der Waals surface area contributed by atoms with Gasteiger partial charge in [-0.05, 0) is 18.9 Å². The molecule has 1 saturated heterocycles. The summed E-state index contributed by atoms with van der Waals surface area (Å²) in [7, 11) is 0. The summed E-state index contributed by atoms with van der Waals surface area (Å²) in [6.07, 6.45) is -3.94. The van der Waals surface area contributed by atoms with Gasteiger partial charge < -0.3 is 10.0 Å². The fourth-order valence-electron chi connectivity index (χ4n) is 2.57. The minimum absolute atomic E-state index is 0.0160. The van der Waals surface area contributed by atoms with Crippen molar-refractivity contribution in [2.24, 2.45) is 5.92 Å². The Balaban J connectivity index is 2.47. The van der Waals surface area contributed by atoms with E-state index in [1.807, 2.05) is 0 Å². The first-order chi connectivity index (χ1) is 10.6. The molecule has 10 heteroatoms. The topological polar surface area (TPSA) is 83.7 Å². The van der Waals surface area contributed by atoms with Crippen molar-refractivity contribution in [1.29, 1.82) is 0 Å². The minimum atomic E-state index is -4.81. The van der Waals surface area contributed by atoms with Crippen LogP contribution in [0.15, 0.2) is 12.1 Å². The Kier molecular flexibility index (Phi) is 4.69. The number of aliphatic carboxylic acids is 1. The van der Waals surface area contributed by atoms with Gasteiger partial charge in [-0.2, -0.15) is 13.2 Å². The van der Waals surface area contributed by atoms with E-state index < -0.39 is 39.3 Å². The van der Waals surface area contributed by atoms with Crippen molar-refractivity contribution in [2.75, 3.05) is 18.0 Å². The molecule has 0 spiro atoms. The van der Waals surface area contributed by atoms with Gasteiger partial charge in [0.15, 0.2) is 0 Å². The van der Waals surface area contributed by atoms with Crippen molar-refractivity contribution in [3.05, 3.63) is 32.8 Å². The molecule has 2 rings (SSSR count). The van der Waals surface area contributed by atoms with Crippen molar-refractivity contribution in [2.45, 2.75) is 19.0 Å². The summed E-state index contributed by atoms with van der Waals surface area (Å²) in [6.45, 7) is 0.296. The van der Waals surface area contributed by atoms with Crippen molar-refractivity contribution < 1.29 is 28.0 Å². The molecule has 1 aliphatic rings. The Morgan fingerprint density at radius 2 is 2.09 bits per heavy atom. The monoisotopic (exact) mass is 352 g/mol. The summed E-state index contributed by atoms with van der Waals surface area (Å²) in [4.78, 5) is 22.7. The van der Waals surface area contributed by atoms with E-state index in [0.717, 1.165) is 6.07 Å². The van der Waals surface area contributed by atoms with E-state index in [1.54, 1.807) is 0 Å². The molecule has 1 aliphatic heterocycles. The Bertz CT molecular complexity index is 651. The van der Waals surface area contributed by atoms with Crippen LogP contribution in [-0.2, 0) is 11.0 Å². The SMILES string of the molecule is O=C(O)C1CCCN(c2cc(Cl)c(C(F)(F)F)cc2[N+](=O)[O-])C1. The molecule has 1 aromatic carbocycles. The van der Waals surface area contributed by atoms with Gasteiger partial charge in [0.2, 0.25) is 0 Å². The van der Waals surface area contributed by atoms with Crippen LogP contribution < -0.4 is 4.90 Å². The first-order valence-electron chi connectivity index (χ1n) is 6.64. The van der Waals surface area contributed by atoms with E-state index in [2.05, 4.69) is 0 Å². The number of hydrogen-bond donors (Lipinski definition) is 1. The number of benzene rings is 1. The highest BCUT2D eigenvalue weighted by Gasteiger charge is 2.37. The Morgan fingerprint density at radius 1 is 1.43 bits per heavy atom. The van der Waals surface area contributed by atoms with Gasteiger partial charge in [-0.3, -0.25) is 14.9 Å². The van der Waals surface area contributed by atoms with Crippen molar-refractivity contribution in [3.8, 4) is 0 Å². The molecule has 1 atom stereocenters. The molecule has 1 unspecified atom stereocenters. The molecular formula is C13H12ClF3N2O4. The van der Waals surface area contributed by atoms with Gasteiger partial charge in [0.05, 0.1) is 21.4 Å². The lowest BCUT2D eigenvalue weighted by Crippen LogP contribution is -2.39. The molecule has 6 nitrogen and oxygen atoms in total. The molecule has 0 aromatic heterocycles. The fourth-order valence-corrected chi connectivity index (χ4v) is 2.83. The quantitative estimate of drug-likeness (QED) is 0.664. The van der Waals surface area contributed by atoms with E-state index in [1.165, 1.54) is 4.90 Å². The summed E-state index contributed by atoms with van der Waals surface area (Å²) >= 11 is 5.62. The maximum Gasteiger partial charge on any atom is 0.418 e. The summed E-state index contributed by atoms with van der Waals surface area (Å²) in [5.74, 6) is -1.78. The van der Waals surface area contributed by atoms with Crippen LogP contribution in [0.25, 0.3) is 0 Å². The van der Waals surface area contributed by atoms with Crippen LogP contribution in [0.3, 0.4) is 0 Å². The van der Waals surface area contributed by atoms with Crippen LogP contribution in [0, 0.1) is 16.0 Å². The van der Waals surface area contributed by atoms with Crippen molar-refractivity contribution >= 4 is 28.9 Å². The number of carboxylic acid groups (broad SMARTS) is 1. The second kappa shape index (κ2) is 6.23. The number of hydrogen-bond acceptors (Lipinski definition) is 4. The first-order valence-corrected chi connectivity index (χ1v) is 7.02. The molecular weight excluding hydrogens is 341 g/mol. The Hall–Kier alpha value is -2.03. The number of nitro benzene ring substituents is 1. The van der Waals surface area contributed by atoms with Gasteiger partial charge in [0, 0.05) is 19.2 Å². The third-order valence-corrected chi connectivity index (χ3v) is 3.99. The van der Waals surface area contributed by atoms with E-state index in [9.17, 15) is 28.1 Å². The zero-order chi connectivity index (χ0) is 17.4. The number of alkyl halides is 3. The van der Waals surface area contributed by atoms with E-state index in [-0.39, 0.29) is 12.2 Å². The summed E-state index contributed by atoms with van der Waals surface area (Å²) in [6, 6.07) is 1.27. The van der Waals surface area contributed by atoms with Crippen molar-refractivity contribution in [3.63, 3.8) is 0 Å². The summed E-state index contributed by atoms with van der Waals surface area (Å²) < 4.78 is 38.5. The molecule has 126 valence electrons. The van der Waals surface area contributed by atoms with Crippen molar-refractivity contribution in [1.82, 2.24) is 0 Å². The zero-order valence-electron chi connectivity index (χ0n) is 11.6. The second-order valence-electron chi connectivity index (χ2n) is 5.20. The van der Waals surface area contributed by atoms with Crippen LogP contribution in [-0.4, -0.2) is 29.1 Å². The standard InChI is InChI=1S/C13H12ClF3N2O4/c14-9-5-10(18-3-1-2-7(6-18)12(20)21)11(19(22)23)4-8(9)13(15,16)17/h4-5,7H,1-3,6H2,(H,20,21). The summed E-state index contributed by atoms with van der Waals surface area (Å²) in [5, 5.41) is 19.5. The fraction of sp³-hybridized carbons (Fsp3) is 0.462. The molecule has 23 heavy (non-hydrogen) atoms. The molecule has 1 aromatic rings. The Morgan fingerprint density at radius 3 is 2.61 bits per heavy atom. The number of piperidine rings is 1. The number of nitro groups is 1. The maximum atomic E-state index is 12.8. The molecule has 0 radical (unpaired) electrons. The van der Waals surface area contributed by atoms with Gasteiger partial charge in [0.25, 0.3) is 5.69 Å². The van der Waals surface area contributed by atoms with Gasteiger partial charge in [0.1, 0.15) is 5.69 Å². The van der Waals surface area contributed by atoms with Gasteiger partial charge in [-0.1, -0.05) is 11.6 Å². The second-order valence-corrected chi connectivity index (χ2v) is 5.61. The molecule has 0 bridgehead atoms. The van der Waals surface area contributed by atoms with E-state index in [0.29, 0.717) is 25.5 Å². The van der Waals surface area contributed by atoms with E-state index in [4.69, 9.17) is 16.7 Å². The average molecular weight is 353 g/mol. The number of rotatable bonds is 3. The van der Waals surface area contributed by atoms with Crippen LogP contribution in [0.1, 0.15) is 18.4 Å². The third kappa shape index (κ3) is 3.66. The highest BCUT2D eigenvalue weighted by molar-refractivity contribution is 6.31. The minimum Gasteiger partial charge on any atom is -0.481 e. The molecule has 0 saturated carbocycles. The number of carbonyl (C=O) groups is 1. The van der Waals surface area contributed by atoms with Crippen LogP contribution >= 0.6 is 11.6 Å². The average Bonchev–Trinajstić information content (AvgIpc) is 2.45. The maximum absolute atomic E-state index is 12.8. The van der Waals surface area contributed by atoms with Crippen LogP contribution in [0.5, 0.6) is 0 Å². The summed E-state index contributed by atoms with van der Waals surface area (Å²) in [5.41, 5.74) is -2.13. The highest BCUT2D eigenvalue weighted by Crippen LogP contribution is 2.42. The number of carboxylic acids is 1. The lowest BCUT2D eigenvalue weighted by molar-refractivity contribution is -0.384. The molecule has 1 fully saturated rings. The molecule has 1 N–H and O–H groups in total. The van der Waals surface area contributed by atoms with Crippen LogP contribution in [0.2, 0.25) is 5.02 Å². The number of anilines is 1. The molecule has 1 heterocycles. The predicted octanol–water partition coefficient (Wildman–Crippen LogP) is 3.57. The van der Waals surface area contributed by atoms with E-state index >= 15 is 0 Å². The molecule has 0 amide bonds. The number of halogens is 4. The van der Waals surface area contributed by atoms with Gasteiger partial charge in [-0.25, -0.2) is 0 Å². The lowest BCUT2D eigenvalue weighted by atomic mass is 9.97.